The normalized spacial score (nSPS) is 12.7. The van der Waals surface area contributed by atoms with Crippen molar-refractivity contribution in [3.63, 3.8) is 0 Å². The molecule has 1 rings (SSSR count). The predicted molar refractivity (Wildman–Crippen MR) is 68.7 cm³/mol. The van der Waals surface area contributed by atoms with Gasteiger partial charge in [-0.05, 0) is 32.0 Å². The van der Waals surface area contributed by atoms with Crippen LogP contribution >= 0.6 is 0 Å². The largest absolute Gasteiger partial charge is 0.393 e. The van der Waals surface area contributed by atoms with Crippen LogP contribution in [0.15, 0.2) is 18.2 Å². The highest BCUT2D eigenvalue weighted by atomic mass is 16.6. The van der Waals surface area contributed by atoms with E-state index in [0.29, 0.717) is 12.6 Å². The summed E-state index contributed by atoms with van der Waals surface area (Å²) in [7, 11) is 2.01. The molecule has 0 aromatic heterocycles. The smallest absolute Gasteiger partial charge is 0.292 e. The number of rotatable bonds is 5. The Morgan fingerprint density at radius 3 is 2.71 bits per heavy atom. The minimum atomic E-state index is -0.442. The van der Waals surface area contributed by atoms with Crippen LogP contribution in [-0.2, 0) is 6.54 Å². The Balaban J connectivity index is 2.86. The third kappa shape index (κ3) is 3.42. The van der Waals surface area contributed by atoms with E-state index in [9.17, 15) is 10.1 Å². The first-order valence-electron chi connectivity index (χ1n) is 5.68. The number of nitro benzene ring substituents is 1. The molecule has 0 aliphatic rings. The summed E-state index contributed by atoms with van der Waals surface area (Å²) in [4.78, 5) is 12.5. The van der Waals surface area contributed by atoms with E-state index in [4.69, 9.17) is 5.73 Å². The van der Waals surface area contributed by atoms with E-state index in [2.05, 4.69) is 18.7 Å². The number of nitrogens with zero attached hydrogens (tertiary/aromatic N) is 2. The second-order valence-corrected chi connectivity index (χ2v) is 4.32. The summed E-state index contributed by atoms with van der Waals surface area (Å²) in [6.07, 6.45) is 1.05. The SMILES string of the molecule is CCC(C)N(C)Cc1ccc(N)c([N+](=O)[O-])c1. The van der Waals surface area contributed by atoms with Crippen LogP contribution in [0.25, 0.3) is 0 Å². The highest BCUT2D eigenvalue weighted by Crippen LogP contribution is 2.23. The topological polar surface area (TPSA) is 72.4 Å². The second-order valence-electron chi connectivity index (χ2n) is 4.32. The molecule has 2 N–H and O–H groups in total. The number of nitro groups is 1. The molecule has 0 fully saturated rings. The number of benzene rings is 1. The van der Waals surface area contributed by atoms with Crippen LogP contribution in [0, 0.1) is 10.1 Å². The minimum Gasteiger partial charge on any atom is -0.393 e. The highest BCUT2D eigenvalue weighted by molar-refractivity contribution is 5.59. The Morgan fingerprint density at radius 2 is 2.18 bits per heavy atom. The Hall–Kier alpha value is -1.62. The zero-order chi connectivity index (χ0) is 13.0. The predicted octanol–water partition coefficient (Wildman–Crippen LogP) is 2.41. The first-order chi connectivity index (χ1) is 7.95. The molecule has 0 aliphatic heterocycles. The van der Waals surface area contributed by atoms with E-state index >= 15 is 0 Å². The molecule has 5 nitrogen and oxygen atoms in total. The molecule has 0 aliphatic carbocycles. The average Bonchev–Trinajstić information content (AvgIpc) is 2.30. The molecular weight excluding hydrogens is 218 g/mol. The van der Waals surface area contributed by atoms with E-state index in [1.807, 2.05) is 13.1 Å². The van der Waals surface area contributed by atoms with E-state index in [0.717, 1.165) is 12.0 Å². The zero-order valence-corrected chi connectivity index (χ0v) is 10.5. The monoisotopic (exact) mass is 237 g/mol. The summed E-state index contributed by atoms with van der Waals surface area (Å²) < 4.78 is 0. The van der Waals surface area contributed by atoms with Gasteiger partial charge in [-0.1, -0.05) is 13.0 Å². The number of nitrogens with two attached hydrogens (primary N) is 1. The maximum Gasteiger partial charge on any atom is 0.292 e. The molecule has 0 heterocycles. The van der Waals surface area contributed by atoms with E-state index in [1.54, 1.807) is 12.1 Å². The van der Waals surface area contributed by atoms with Gasteiger partial charge in [0, 0.05) is 18.7 Å². The molecule has 0 spiro atoms. The Morgan fingerprint density at radius 1 is 1.53 bits per heavy atom. The van der Waals surface area contributed by atoms with E-state index in [-0.39, 0.29) is 11.4 Å². The second kappa shape index (κ2) is 5.63. The molecule has 17 heavy (non-hydrogen) atoms. The number of hydrogen-bond donors (Lipinski definition) is 1. The summed E-state index contributed by atoms with van der Waals surface area (Å²) in [5, 5.41) is 10.8. The lowest BCUT2D eigenvalue weighted by molar-refractivity contribution is -0.384. The first kappa shape index (κ1) is 13.4. The van der Waals surface area contributed by atoms with Crippen LogP contribution in [0.5, 0.6) is 0 Å². The van der Waals surface area contributed by atoms with Gasteiger partial charge >= 0.3 is 0 Å². The molecule has 94 valence electrons. The molecule has 1 aromatic rings. The number of nitrogen functional groups attached to an aromatic ring is 1. The maximum atomic E-state index is 10.8. The molecule has 1 unspecified atom stereocenters. The molecule has 5 heteroatoms. The lowest BCUT2D eigenvalue weighted by Crippen LogP contribution is -2.27. The van der Waals surface area contributed by atoms with Crippen LogP contribution < -0.4 is 5.73 Å². The van der Waals surface area contributed by atoms with Gasteiger partial charge in [-0.25, -0.2) is 0 Å². The van der Waals surface area contributed by atoms with E-state index < -0.39 is 4.92 Å². The molecule has 0 amide bonds. The van der Waals surface area contributed by atoms with Crippen LogP contribution in [-0.4, -0.2) is 22.9 Å². The van der Waals surface area contributed by atoms with Gasteiger partial charge in [-0.3, -0.25) is 15.0 Å². The van der Waals surface area contributed by atoms with Crippen molar-refractivity contribution in [1.82, 2.24) is 4.90 Å². The van der Waals surface area contributed by atoms with Crippen molar-refractivity contribution in [3.05, 3.63) is 33.9 Å². The molecule has 1 aromatic carbocycles. The molecular formula is C12H19N3O2. The highest BCUT2D eigenvalue weighted by Gasteiger charge is 2.14. The van der Waals surface area contributed by atoms with Gasteiger partial charge in [0.1, 0.15) is 5.69 Å². The Labute approximate surface area is 101 Å². The fourth-order valence-corrected chi connectivity index (χ4v) is 1.60. The quantitative estimate of drug-likeness (QED) is 0.485. The number of anilines is 1. The average molecular weight is 237 g/mol. The van der Waals surface area contributed by atoms with Gasteiger partial charge < -0.3 is 5.73 Å². The van der Waals surface area contributed by atoms with Crippen LogP contribution in [0.1, 0.15) is 25.8 Å². The standard InChI is InChI=1S/C12H19N3O2/c1-4-9(2)14(3)8-10-5-6-11(13)12(7-10)15(16)17/h5-7,9H,4,8,13H2,1-3H3. The zero-order valence-electron chi connectivity index (χ0n) is 10.5. The summed E-state index contributed by atoms with van der Waals surface area (Å²) in [5.41, 5.74) is 6.66. The van der Waals surface area contributed by atoms with E-state index in [1.165, 1.54) is 0 Å². The lowest BCUT2D eigenvalue weighted by Gasteiger charge is -2.23. The van der Waals surface area contributed by atoms with Crippen LogP contribution in [0.2, 0.25) is 0 Å². The molecule has 1 atom stereocenters. The minimum absolute atomic E-state index is 0.0138. The summed E-state index contributed by atoms with van der Waals surface area (Å²) in [6, 6.07) is 5.43. The van der Waals surface area contributed by atoms with Gasteiger partial charge in [0.25, 0.3) is 5.69 Å². The van der Waals surface area contributed by atoms with Crippen molar-refractivity contribution in [2.75, 3.05) is 12.8 Å². The molecule has 0 saturated carbocycles. The van der Waals surface area contributed by atoms with Crippen LogP contribution in [0.4, 0.5) is 11.4 Å². The van der Waals surface area contributed by atoms with Crippen molar-refractivity contribution < 1.29 is 4.92 Å². The summed E-state index contributed by atoms with van der Waals surface area (Å²) >= 11 is 0. The van der Waals surface area contributed by atoms with Gasteiger partial charge in [0.2, 0.25) is 0 Å². The van der Waals surface area contributed by atoms with Crippen molar-refractivity contribution >= 4 is 11.4 Å². The third-order valence-corrected chi connectivity index (χ3v) is 3.07. The fraction of sp³-hybridized carbons (Fsp3) is 0.500. The van der Waals surface area contributed by atoms with Crippen LogP contribution in [0.3, 0.4) is 0 Å². The Bertz CT molecular complexity index is 407. The summed E-state index contributed by atoms with van der Waals surface area (Å²) in [5.74, 6) is 0. The maximum absolute atomic E-state index is 10.8. The molecule has 0 radical (unpaired) electrons. The van der Waals surface area contributed by atoms with Gasteiger partial charge in [-0.15, -0.1) is 0 Å². The van der Waals surface area contributed by atoms with Gasteiger partial charge in [-0.2, -0.15) is 0 Å². The van der Waals surface area contributed by atoms with Crippen molar-refractivity contribution in [1.29, 1.82) is 0 Å². The number of hydrogen-bond acceptors (Lipinski definition) is 4. The van der Waals surface area contributed by atoms with Gasteiger partial charge in [0.05, 0.1) is 4.92 Å². The fourth-order valence-electron chi connectivity index (χ4n) is 1.60. The molecule has 0 saturated heterocycles. The third-order valence-electron chi connectivity index (χ3n) is 3.07. The van der Waals surface area contributed by atoms with Crippen molar-refractivity contribution in [2.24, 2.45) is 0 Å². The lowest BCUT2D eigenvalue weighted by atomic mass is 10.1. The first-order valence-corrected chi connectivity index (χ1v) is 5.68. The molecule has 0 bridgehead atoms. The van der Waals surface area contributed by atoms with Gasteiger partial charge in [0.15, 0.2) is 0 Å². The summed E-state index contributed by atoms with van der Waals surface area (Å²) in [6.45, 7) is 4.94. The van der Waals surface area contributed by atoms with Crippen molar-refractivity contribution in [3.8, 4) is 0 Å². The Kier molecular flexibility index (Phi) is 4.45. The van der Waals surface area contributed by atoms with Crippen molar-refractivity contribution in [2.45, 2.75) is 32.9 Å².